The molecule has 2 aromatic rings. The minimum atomic E-state index is -0.507. The van der Waals surface area contributed by atoms with Crippen LogP contribution in [0.2, 0.25) is 0 Å². The van der Waals surface area contributed by atoms with Crippen LogP contribution in [0.25, 0.3) is 0 Å². The number of carbonyl (C=O) groups excluding carboxylic acids is 1. The number of para-hydroxylation sites is 1. The van der Waals surface area contributed by atoms with Crippen molar-refractivity contribution in [3.8, 4) is 11.8 Å². The summed E-state index contributed by atoms with van der Waals surface area (Å²) in [5, 5.41) is 13.6. The third kappa shape index (κ3) is 5.62. The van der Waals surface area contributed by atoms with Gasteiger partial charge in [-0.1, -0.05) is 48.5 Å². The molecular weight excluding hydrogens is 422 g/mol. The monoisotopic (exact) mass is 459 g/mol. The highest BCUT2D eigenvalue weighted by molar-refractivity contribution is 5.82. The summed E-state index contributed by atoms with van der Waals surface area (Å²) in [6.07, 6.45) is 4.00. The Labute approximate surface area is 204 Å². The Morgan fingerprint density at radius 1 is 1.15 bits per heavy atom. The number of nitriles is 1. The standard InChI is InChI=1S/C29H37N3O2/c1-28(2,3)31-25(20-22-13-18-34-26-12-8-7-9-23(26)19-22)27(33)32-16-14-29(21-30,15-17-32)24-10-5-4-6-11-24/h4-12,22,25,31H,13-20H2,1-3H3. The topological polar surface area (TPSA) is 65.4 Å². The first-order chi connectivity index (χ1) is 16.3. The van der Waals surface area contributed by atoms with Crippen molar-refractivity contribution < 1.29 is 9.53 Å². The van der Waals surface area contributed by atoms with E-state index >= 15 is 0 Å². The number of carbonyl (C=O) groups is 1. The van der Waals surface area contributed by atoms with Crippen LogP contribution in [-0.2, 0) is 16.6 Å². The lowest BCUT2D eigenvalue weighted by Gasteiger charge is -2.40. The lowest BCUT2D eigenvalue weighted by Crippen LogP contribution is -2.55. The summed E-state index contributed by atoms with van der Waals surface area (Å²) in [6, 6.07) is 20.6. The van der Waals surface area contributed by atoms with Gasteiger partial charge in [0.05, 0.1) is 24.1 Å². The SMILES string of the molecule is CC(C)(C)NC(CC1CCOc2ccccc2C1)C(=O)N1CCC(C#N)(c2ccccc2)CC1. The van der Waals surface area contributed by atoms with Crippen molar-refractivity contribution >= 4 is 5.91 Å². The van der Waals surface area contributed by atoms with E-state index in [9.17, 15) is 10.1 Å². The summed E-state index contributed by atoms with van der Waals surface area (Å²) in [7, 11) is 0. The van der Waals surface area contributed by atoms with E-state index in [1.807, 2.05) is 47.4 Å². The molecule has 1 saturated heterocycles. The fourth-order valence-electron chi connectivity index (χ4n) is 5.39. The predicted octanol–water partition coefficient (Wildman–Crippen LogP) is 4.86. The maximum atomic E-state index is 13.8. The van der Waals surface area contributed by atoms with Crippen LogP contribution in [0.5, 0.6) is 5.75 Å². The summed E-state index contributed by atoms with van der Waals surface area (Å²) in [4.78, 5) is 15.7. The maximum Gasteiger partial charge on any atom is 0.239 e. The minimum absolute atomic E-state index is 0.160. The Morgan fingerprint density at radius 2 is 1.82 bits per heavy atom. The Balaban J connectivity index is 1.46. The van der Waals surface area contributed by atoms with Crippen LogP contribution in [-0.4, -0.2) is 42.1 Å². The molecule has 1 amide bonds. The smallest absolute Gasteiger partial charge is 0.239 e. The van der Waals surface area contributed by atoms with Gasteiger partial charge in [0.15, 0.2) is 0 Å². The third-order valence-electron chi connectivity index (χ3n) is 7.21. The van der Waals surface area contributed by atoms with E-state index in [1.165, 1.54) is 5.56 Å². The molecule has 4 rings (SSSR count). The van der Waals surface area contributed by atoms with Crippen molar-refractivity contribution in [1.29, 1.82) is 5.26 Å². The Morgan fingerprint density at radius 3 is 2.50 bits per heavy atom. The zero-order valence-corrected chi connectivity index (χ0v) is 20.7. The molecule has 180 valence electrons. The second-order valence-corrected chi connectivity index (χ2v) is 10.9. The van der Waals surface area contributed by atoms with Gasteiger partial charge in [-0.05, 0) is 76.0 Å². The van der Waals surface area contributed by atoms with Gasteiger partial charge < -0.3 is 15.0 Å². The average molecular weight is 460 g/mol. The fraction of sp³-hybridized carbons (Fsp3) is 0.517. The number of likely N-dealkylation sites (tertiary alicyclic amines) is 1. The second-order valence-electron chi connectivity index (χ2n) is 10.9. The van der Waals surface area contributed by atoms with E-state index in [0.29, 0.717) is 38.5 Å². The molecule has 0 aromatic heterocycles. The van der Waals surface area contributed by atoms with Crippen molar-refractivity contribution in [3.05, 3.63) is 65.7 Å². The molecule has 2 heterocycles. The quantitative estimate of drug-likeness (QED) is 0.694. The number of benzene rings is 2. The van der Waals surface area contributed by atoms with Gasteiger partial charge in [-0.25, -0.2) is 0 Å². The molecule has 0 aliphatic carbocycles. The molecule has 2 aliphatic rings. The molecule has 0 spiro atoms. The third-order valence-corrected chi connectivity index (χ3v) is 7.21. The number of nitrogens with one attached hydrogen (secondary N) is 1. The zero-order valence-electron chi connectivity index (χ0n) is 20.7. The van der Waals surface area contributed by atoms with Gasteiger partial charge in [0.25, 0.3) is 0 Å². The molecule has 1 fully saturated rings. The molecule has 2 aromatic carbocycles. The van der Waals surface area contributed by atoms with Gasteiger partial charge in [0.2, 0.25) is 5.91 Å². The lowest BCUT2D eigenvalue weighted by molar-refractivity contribution is -0.136. The van der Waals surface area contributed by atoms with Gasteiger partial charge >= 0.3 is 0 Å². The van der Waals surface area contributed by atoms with E-state index < -0.39 is 5.41 Å². The number of fused-ring (bicyclic) bond motifs is 1. The summed E-state index contributed by atoms with van der Waals surface area (Å²) in [5.74, 6) is 1.51. The maximum absolute atomic E-state index is 13.8. The van der Waals surface area contributed by atoms with Crippen molar-refractivity contribution in [2.45, 2.75) is 69.9 Å². The summed E-state index contributed by atoms with van der Waals surface area (Å²) in [6.45, 7) is 8.26. The molecule has 5 nitrogen and oxygen atoms in total. The number of hydrogen-bond acceptors (Lipinski definition) is 4. The van der Waals surface area contributed by atoms with Gasteiger partial charge in [-0.2, -0.15) is 5.26 Å². The van der Waals surface area contributed by atoms with Gasteiger partial charge in [-0.15, -0.1) is 0 Å². The molecule has 34 heavy (non-hydrogen) atoms. The van der Waals surface area contributed by atoms with E-state index in [0.717, 1.165) is 30.6 Å². The van der Waals surface area contributed by atoms with Gasteiger partial charge in [0.1, 0.15) is 5.75 Å². The molecule has 0 radical (unpaired) electrons. The first-order valence-corrected chi connectivity index (χ1v) is 12.5. The number of ether oxygens (including phenoxy) is 1. The highest BCUT2D eigenvalue weighted by Gasteiger charge is 2.39. The number of hydrogen-bond donors (Lipinski definition) is 1. The molecule has 1 N–H and O–H groups in total. The normalized spacial score (nSPS) is 20.9. The van der Waals surface area contributed by atoms with Crippen molar-refractivity contribution in [1.82, 2.24) is 10.2 Å². The molecule has 2 aliphatic heterocycles. The van der Waals surface area contributed by atoms with Crippen molar-refractivity contribution in [3.63, 3.8) is 0 Å². The largest absolute Gasteiger partial charge is 0.493 e. The van der Waals surface area contributed by atoms with Crippen LogP contribution in [0.15, 0.2) is 54.6 Å². The highest BCUT2D eigenvalue weighted by Crippen LogP contribution is 2.35. The van der Waals surface area contributed by atoms with Gasteiger partial charge in [0, 0.05) is 18.6 Å². The van der Waals surface area contributed by atoms with Crippen LogP contribution < -0.4 is 10.1 Å². The average Bonchev–Trinajstić information content (AvgIpc) is 3.04. The Hall–Kier alpha value is -2.84. The molecule has 0 bridgehead atoms. The van der Waals surface area contributed by atoms with Crippen molar-refractivity contribution in [2.24, 2.45) is 5.92 Å². The Bertz CT molecular complexity index is 1010. The molecule has 0 saturated carbocycles. The highest BCUT2D eigenvalue weighted by atomic mass is 16.5. The lowest BCUT2D eigenvalue weighted by atomic mass is 9.74. The zero-order chi connectivity index (χ0) is 24.2. The van der Waals surface area contributed by atoms with E-state index in [-0.39, 0.29) is 17.5 Å². The van der Waals surface area contributed by atoms with Crippen LogP contribution in [0, 0.1) is 17.2 Å². The number of nitrogens with zero attached hydrogens (tertiary/aromatic N) is 2. The Kier molecular flexibility index (Phi) is 7.28. The number of amides is 1. The van der Waals surface area contributed by atoms with Crippen LogP contribution >= 0.6 is 0 Å². The number of piperidine rings is 1. The molecule has 5 heteroatoms. The summed E-state index contributed by atoms with van der Waals surface area (Å²) >= 11 is 0. The second kappa shape index (κ2) is 10.2. The van der Waals surface area contributed by atoms with Crippen LogP contribution in [0.4, 0.5) is 0 Å². The fourth-order valence-corrected chi connectivity index (χ4v) is 5.39. The first-order valence-electron chi connectivity index (χ1n) is 12.5. The van der Waals surface area contributed by atoms with E-state index in [4.69, 9.17) is 4.74 Å². The van der Waals surface area contributed by atoms with Crippen LogP contribution in [0.1, 0.15) is 57.6 Å². The summed E-state index contributed by atoms with van der Waals surface area (Å²) in [5.41, 5.74) is 1.61. The molecule has 2 atom stereocenters. The predicted molar refractivity (Wildman–Crippen MR) is 135 cm³/mol. The first kappa shape index (κ1) is 24.3. The van der Waals surface area contributed by atoms with E-state index in [2.05, 4.69) is 44.3 Å². The number of rotatable bonds is 5. The van der Waals surface area contributed by atoms with E-state index in [1.54, 1.807) is 0 Å². The molecular formula is C29H37N3O2. The van der Waals surface area contributed by atoms with Gasteiger partial charge in [-0.3, -0.25) is 4.79 Å². The minimum Gasteiger partial charge on any atom is -0.493 e. The molecule has 2 unspecified atom stereocenters. The van der Waals surface area contributed by atoms with Crippen molar-refractivity contribution in [2.75, 3.05) is 19.7 Å². The summed E-state index contributed by atoms with van der Waals surface area (Å²) < 4.78 is 5.97. The van der Waals surface area contributed by atoms with Crippen LogP contribution in [0.3, 0.4) is 0 Å².